The average Bonchev–Trinajstić information content (AvgIpc) is 2.45. The molecule has 0 fully saturated rings. The first-order valence-corrected chi connectivity index (χ1v) is 8.49. The quantitative estimate of drug-likeness (QED) is 0.640. The van der Waals surface area contributed by atoms with Gasteiger partial charge in [-0.25, -0.2) is 0 Å². The number of rotatable bonds is 7. The molecule has 0 radical (unpaired) electrons. The van der Waals surface area contributed by atoms with Crippen LogP contribution in [-0.2, 0) is 4.79 Å². The molecule has 0 unspecified atom stereocenters. The number of alkyl halides is 3. The van der Waals surface area contributed by atoms with E-state index in [1.807, 2.05) is 11.6 Å². The number of amides is 1. The van der Waals surface area contributed by atoms with Crippen LogP contribution in [-0.4, -0.2) is 41.3 Å². The number of carbonyl (C=O) groups excluding carboxylic acids is 1. The Labute approximate surface area is 141 Å². The summed E-state index contributed by atoms with van der Waals surface area (Å²) in [7, 11) is 0. The number of halogens is 4. The van der Waals surface area contributed by atoms with Crippen molar-refractivity contribution < 1.29 is 23.1 Å². The molecule has 1 aromatic rings. The number of anilines is 2. The molecule has 0 heterocycles. The largest absolute Gasteiger partial charge is 0.426 e. The summed E-state index contributed by atoms with van der Waals surface area (Å²) in [5, 5.41) is 14.5. The molecule has 1 atom stereocenters. The normalized spacial score (nSPS) is 14.2. The Balaban J connectivity index is 2.74. The van der Waals surface area contributed by atoms with Crippen LogP contribution in [0.15, 0.2) is 18.2 Å². The lowest BCUT2D eigenvalue weighted by Crippen LogP contribution is -2.52. The summed E-state index contributed by atoms with van der Waals surface area (Å²) in [5.74, 6) is -0.589. The average molecular weight is 371 g/mol. The molecule has 0 aliphatic heterocycles. The van der Waals surface area contributed by atoms with Crippen LogP contribution in [0.4, 0.5) is 24.5 Å². The Morgan fingerprint density at radius 2 is 2.04 bits per heavy atom. The maximum Gasteiger partial charge on any atom is 0.426 e. The minimum absolute atomic E-state index is 0.00384. The first kappa shape index (κ1) is 19.9. The molecule has 1 amide bonds. The monoisotopic (exact) mass is 370 g/mol. The van der Waals surface area contributed by atoms with Gasteiger partial charge in [-0.1, -0.05) is 11.6 Å². The van der Waals surface area contributed by atoms with Crippen molar-refractivity contribution in [1.29, 1.82) is 0 Å². The highest BCUT2D eigenvalue weighted by Crippen LogP contribution is 2.32. The van der Waals surface area contributed by atoms with Crippen LogP contribution in [0.5, 0.6) is 0 Å². The fourth-order valence-electron chi connectivity index (χ4n) is 1.55. The predicted molar refractivity (Wildman–Crippen MR) is 88.2 cm³/mol. The Morgan fingerprint density at radius 3 is 2.57 bits per heavy atom. The molecule has 1 aromatic carbocycles. The lowest BCUT2D eigenvalue weighted by atomic mass is 10.1. The van der Waals surface area contributed by atoms with Crippen molar-refractivity contribution in [2.24, 2.45) is 0 Å². The van der Waals surface area contributed by atoms with Crippen LogP contribution in [0.25, 0.3) is 0 Å². The molecular formula is C14H18ClF3N2O2S. The van der Waals surface area contributed by atoms with E-state index in [9.17, 15) is 23.1 Å². The zero-order valence-electron chi connectivity index (χ0n) is 12.6. The lowest BCUT2D eigenvalue weighted by Gasteiger charge is -2.25. The third kappa shape index (κ3) is 5.47. The topological polar surface area (TPSA) is 61.4 Å². The molecule has 1 rings (SSSR count). The van der Waals surface area contributed by atoms with E-state index < -0.39 is 17.7 Å². The van der Waals surface area contributed by atoms with Crippen LogP contribution < -0.4 is 10.6 Å². The van der Waals surface area contributed by atoms with Gasteiger partial charge in [0.15, 0.2) is 0 Å². The van der Waals surface area contributed by atoms with E-state index in [1.165, 1.54) is 12.1 Å². The number of hydrogen-bond acceptors (Lipinski definition) is 4. The Bertz CT molecular complexity index is 553. The second kappa shape index (κ2) is 8.12. The van der Waals surface area contributed by atoms with E-state index in [0.29, 0.717) is 12.6 Å². The molecule has 0 aliphatic carbocycles. The van der Waals surface area contributed by atoms with Gasteiger partial charge in [-0.15, -0.1) is 0 Å². The van der Waals surface area contributed by atoms with Crippen LogP contribution in [0.2, 0.25) is 5.02 Å². The van der Waals surface area contributed by atoms with E-state index in [1.54, 1.807) is 17.8 Å². The minimum Gasteiger partial charge on any atom is -0.385 e. The summed E-state index contributed by atoms with van der Waals surface area (Å²) >= 11 is 7.68. The highest BCUT2D eigenvalue weighted by Gasteiger charge is 2.55. The van der Waals surface area contributed by atoms with Crippen molar-refractivity contribution in [2.75, 3.05) is 29.2 Å². The summed E-state index contributed by atoms with van der Waals surface area (Å²) in [4.78, 5) is 11.6. The third-order valence-electron chi connectivity index (χ3n) is 3.07. The van der Waals surface area contributed by atoms with Gasteiger partial charge >= 0.3 is 6.18 Å². The Hall–Kier alpha value is -1.12. The number of carbonyl (C=O) groups is 1. The molecule has 130 valence electrons. The maximum atomic E-state index is 12.6. The van der Waals surface area contributed by atoms with Gasteiger partial charge in [0.2, 0.25) is 5.60 Å². The molecule has 0 saturated heterocycles. The number of aliphatic hydroxyl groups is 1. The van der Waals surface area contributed by atoms with Crippen LogP contribution in [0, 0.1) is 0 Å². The van der Waals surface area contributed by atoms with Crippen molar-refractivity contribution in [3.8, 4) is 0 Å². The molecule has 3 N–H and O–H groups in total. The van der Waals surface area contributed by atoms with Crippen molar-refractivity contribution in [1.82, 2.24) is 0 Å². The van der Waals surface area contributed by atoms with Gasteiger partial charge in [-0.3, -0.25) is 4.79 Å². The molecule has 4 nitrogen and oxygen atoms in total. The van der Waals surface area contributed by atoms with Crippen molar-refractivity contribution in [2.45, 2.75) is 25.1 Å². The molecule has 0 saturated carbocycles. The summed E-state index contributed by atoms with van der Waals surface area (Å²) in [6.45, 7) is 1.11. The van der Waals surface area contributed by atoms with Gasteiger partial charge in [0.05, 0.1) is 10.7 Å². The zero-order valence-corrected chi connectivity index (χ0v) is 14.2. The molecule has 23 heavy (non-hydrogen) atoms. The Kier molecular flexibility index (Phi) is 7.03. The van der Waals surface area contributed by atoms with E-state index in [0.717, 1.165) is 18.7 Å². The highest BCUT2D eigenvalue weighted by atomic mass is 35.5. The predicted octanol–water partition coefficient (Wildman–Crippen LogP) is 3.76. The highest BCUT2D eigenvalue weighted by molar-refractivity contribution is 7.98. The van der Waals surface area contributed by atoms with Gasteiger partial charge in [0, 0.05) is 12.2 Å². The van der Waals surface area contributed by atoms with E-state index in [4.69, 9.17) is 11.6 Å². The van der Waals surface area contributed by atoms with Gasteiger partial charge in [0.1, 0.15) is 0 Å². The molecule has 0 spiro atoms. The van der Waals surface area contributed by atoms with Gasteiger partial charge < -0.3 is 15.7 Å². The van der Waals surface area contributed by atoms with Gasteiger partial charge in [-0.2, -0.15) is 24.9 Å². The molecule has 0 bridgehead atoms. The number of thioether (sulfide) groups is 1. The number of benzene rings is 1. The van der Waals surface area contributed by atoms with Crippen LogP contribution >= 0.6 is 23.4 Å². The Morgan fingerprint density at radius 1 is 1.39 bits per heavy atom. The summed E-state index contributed by atoms with van der Waals surface area (Å²) in [6.07, 6.45) is -2.13. The minimum atomic E-state index is -5.08. The first-order chi connectivity index (χ1) is 10.6. The number of hydrogen-bond donors (Lipinski definition) is 3. The molecule has 9 heteroatoms. The first-order valence-electron chi connectivity index (χ1n) is 6.72. The van der Waals surface area contributed by atoms with E-state index in [2.05, 4.69) is 5.32 Å². The van der Waals surface area contributed by atoms with Crippen molar-refractivity contribution in [3.63, 3.8) is 0 Å². The van der Waals surface area contributed by atoms with Gasteiger partial charge in [-0.05, 0) is 43.6 Å². The smallest absolute Gasteiger partial charge is 0.385 e. The third-order valence-corrected chi connectivity index (χ3v) is 4.08. The lowest BCUT2D eigenvalue weighted by molar-refractivity contribution is -0.242. The second-order valence-corrected chi connectivity index (χ2v) is 6.38. The summed E-state index contributed by atoms with van der Waals surface area (Å²) < 4.78 is 37.8. The molecule has 0 aromatic heterocycles. The fourth-order valence-corrected chi connectivity index (χ4v) is 2.21. The van der Waals surface area contributed by atoms with Crippen LogP contribution in [0.3, 0.4) is 0 Å². The second-order valence-electron chi connectivity index (χ2n) is 4.99. The van der Waals surface area contributed by atoms with E-state index in [-0.39, 0.29) is 10.7 Å². The maximum absolute atomic E-state index is 12.6. The summed E-state index contributed by atoms with van der Waals surface area (Å²) in [5.41, 5.74) is -2.81. The SMILES string of the molecule is CSCCCNc1ccc(NC(=O)[C@@](C)(O)C(F)(F)F)c(Cl)c1. The number of nitrogens with one attached hydrogen (secondary N) is 2. The van der Waals surface area contributed by atoms with Gasteiger partial charge in [0.25, 0.3) is 5.91 Å². The van der Waals surface area contributed by atoms with Crippen molar-refractivity contribution >= 4 is 40.6 Å². The summed E-state index contributed by atoms with van der Waals surface area (Å²) in [6, 6.07) is 4.46. The van der Waals surface area contributed by atoms with Crippen molar-refractivity contribution in [3.05, 3.63) is 23.2 Å². The van der Waals surface area contributed by atoms with Crippen LogP contribution in [0.1, 0.15) is 13.3 Å². The fraction of sp³-hybridized carbons (Fsp3) is 0.500. The standard InChI is InChI=1S/C14H18ClF3N2O2S/c1-13(22,14(16,17)18)12(21)20-11-5-4-9(8-10(11)15)19-6-3-7-23-2/h4-5,8,19,22H,3,6-7H2,1-2H3,(H,20,21)/t13-/m1/s1. The molecular weight excluding hydrogens is 353 g/mol. The van der Waals surface area contributed by atoms with E-state index >= 15 is 0 Å². The zero-order chi connectivity index (χ0) is 17.7. The molecule has 0 aliphatic rings.